The SMILES string of the molecule is CC(C)c1ccc(-c2cncn2C)c(F)c1. The van der Waals surface area contributed by atoms with Gasteiger partial charge in [0, 0.05) is 12.6 Å². The van der Waals surface area contributed by atoms with E-state index in [-0.39, 0.29) is 5.82 Å². The molecule has 0 aliphatic carbocycles. The monoisotopic (exact) mass is 218 g/mol. The summed E-state index contributed by atoms with van der Waals surface area (Å²) in [7, 11) is 1.86. The van der Waals surface area contributed by atoms with Gasteiger partial charge in [0.1, 0.15) is 5.82 Å². The first-order valence-electron chi connectivity index (χ1n) is 5.35. The molecular weight excluding hydrogens is 203 g/mol. The lowest BCUT2D eigenvalue weighted by Crippen LogP contribution is -1.95. The van der Waals surface area contributed by atoms with Crippen LogP contribution in [-0.2, 0) is 7.05 Å². The van der Waals surface area contributed by atoms with Gasteiger partial charge < -0.3 is 4.57 Å². The summed E-state index contributed by atoms with van der Waals surface area (Å²) in [5, 5.41) is 0. The Morgan fingerprint density at radius 1 is 1.31 bits per heavy atom. The number of rotatable bonds is 2. The summed E-state index contributed by atoms with van der Waals surface area (Å²) in [6.45, 7) is 4.11. The summed E-state index contributed by atoms with van der Waals surface area (Å²) >= 11 is 0. The summed E-state index contributed by atoms with van der Waals surface area (Å²) in [6, 6.07) is 5.39. The quantitative estimate of drug-likeness (QED) is 0.755. The van der Waals surface area contributed by atoms with Crippen molar-refractivity contribution in [3.05, 3.63) is 42.1 Å². The maximum absolute atomic E-state index is 13.9. The molecule has 16 heavy (non-hydrogen) atoms. The molecule has 0 saturated heterocycles. The van der Waals surface area contributed by atoms with Crippen LogP contribution in [0.25, 0.3) is 11.3 Å². The summed E-state index contributed by atoms with van der Waals surface area (Å²) < 4.78 is 15.7. The summed E-state index contributed by atoms with van der Waals surface area (Å²) in [5.74, 6) is 0.157. The number of imidazole rings is 1. The number of hydrogen-bond acceptors (Lipinski definition) is 1. The zero-order valence-electron chi connectivity index (χ0n) is 9.74. The third-order valence-corrected chi connectivity index (χ3v) is 2.75. The first kappa shape index (κ1) is 10.9. The van der Waals surface area contributed by atoms with Crippen LogP contribution in [0, 0.1) is 5.82 Å². The fourth-order valence-electron chi connectivity index (χ4n) is 1.71. The molecule has 1 aromatic heterocycles. The van der Waals surface area contributed by atoms with Crippen LogP contribution in [0.4, 0.5) is 4.39 Å². The number of aromatic nitrogens is 2. The molecule has 2 nitrogen and oxygen atoms in total. The van der Waals surface area contributed by atoms with E-state index >= 15 is 0 Å². The van der Waals surface area contributed by atoms with Gasteiger partial charge in [0.25, 0.3) is 0 Å². The second kappa shape index (κ2) is 4.08. The zero-order chi connectivity index (χ0) is 11.7. The molecule has 0 aliphatic rings. The molecule has 3 heteroatoms. The molecule has 0 N–H and O–H groups in total. The van der Waals surface area contributed by atoms with Crippen molar-refractivity contribution in [3.63, 3.8) is 0 Å². The molecule has 0 unspecified atom stereocenters. The van der Waals surface area contributed by atoms with Crippen molar-refractivity contribution in [1.29, 1.82) is 0 Å². The summed E-state index contributed by atoms with van der Waals surface area (Å²) in [4.78, 5) is 3.99. The Kier molecular flexibility index (Phi) is 2.77. The van der Waals surface area contributed by atoms with Gasteiger partial charge in [-0.05, 0) is 23.6 Å². The van der Waals surface area contributed by atoms with E-state index in [2.05, 4.69) is 18.8 Å². The molecule has 1 heterocycles. The molecule has 0 bridgehead atoms. The Balaban J connectivity index is 2.48. The lowest BCUT2D eigenvalue weighted by atomic mass is 10.0. The molecule has 0 fully saturated rings. The van der Waals surface area contributed by atoms with Gasteiger partial charge >= 0.3 is 0 Å². The maximum Gasteiger partial charge on any atom is 0.132 e. The fourth-order valence-corrected chi connectivity index (χ4v) is 1.71. The third-order valence-electron chi connectivity index (χ3n) is 2.75. The molecule has 1 aromatic carbocycles. The fraction of sp³-hybridized carbons (Fsp3) is 0.308. The van der Waals surface area contributed by atoms with Crippen molar-refractivity contribution >= 4 is 0 Å². The van der Waals surface area contributed by atoms with E-state index in [9.17, 15) is 4.39 Å². The first-order chi connectivity index (χ1) is 7.59. The van der Waals surface area contributed by atoms with Crippen molar-refractivity contribution in [3.8, 4) is 11.3 Å². The predicted molar refractivity (Wildman–Crippen MR) is 62.7 cm³/mol. The van der Waals surface area contributed by atoms with Gasteiger partial charge in [-0.1, -0.05) is 19.9 Å². The summed E-state index contributed by atoms with van der Waals surface area (Å²) in [5.41, 5.74) is 2.42. The van der Waals surface area contributed by atoms with Crippen LogP contribution in [0.3, 0.4) is 0 Å². The lowest BCUT2D eigenvalue weighted by molar-refractivity contribution is 0.625. The minimum absolute atomic E-state index is 0.185. The van der Waals surface area contributed by atoms with Gasteiger partial charge in [-0.3, -0.25) is 0 Å². The number of halogens is 1. The van der Waals surface area contributed by atoms with E-state index < -0.39 is 0 Å². The largest absolute Gasteiger partial charge is 0.334 e. The van der Waals surface area contributed by atoms with Gasteiger partial charge in [0.15, 0.2) is 0 Å². The lowest BCUT2D eigenvalue weighted by Gasteiger charge is -2.09. The highest BCUT2D eigenvalue weighted by Gasteiger charge is 2.10. The second-order valence-electron chi connectivity index (χ2n) is 4.28. The number of benzene rings is 1. The zero-order valence-corrected chi connectivity index (χ0v) is 9.74. The molecule has 0 atom stereocenters. The molecule has 0 saturated carbocycles. The number of aryl methyl sites for hydroxylation is 1. The average molecular weight is 218 g/mol. The molecule has 2 aromatic rings. The van der Waals surface area contributed by atoms with Gasteiger partial charge in [-0.2, -0.15) is 0 Å². The highest BCUT2D eigenvalue weighted by Crippen LogP contribution is 2.25. The van der Waals surface area contributed by atoms with Gasteiger partial charge in [-0.15, -0.1) is 0 Å². The maximum atomic E-state index is 13.9. The van der Waals surface area contributed by atoms with Crippen LogP contribution in [-0.4, -0.2) is 9.55 Å². The van der Waals surface area contributed by atoms with Crippen molar-refractivity contribution in [2.24, 2.45) is 7.05 Å². The minimum Gasteiger partial charge on any atom is -0.334 e. The van der Waals surface area contributed by atoms with Crippen LogP contribution in [0.5, 0.6) is 0 Å². The van der Waals surface area contributed by atoms with Gasteiger partial charge in [-0.25, -0.2) is 9.37 Å². The van der Waals surface area contributed by atoms with Crippen molar-refractivity contribution in [1.82, 2.24) is 9.55 Å². The van der Waals surface area contributed by atoms with Crippen LogP contribution < -0.4 is 0 Å². The van der Waals surface area contributed by atoms with Crippen LogP contribution in [0.2, 0.25) is 0 Å². The Bertz CT molecular complexity index is 500. The second-order valence-corrected chi connectivity index (χ2v) is 4.28. The van der Waals surface area contributed by atoms with Crippen molar-refractivity contribution < 1.29 is 4.39 Å². The Hall–Kier alpha value is -1.64. The smallest absolute Gasteiger partial charge is 0.132 e. The molecular formula is C13H15FN2. The van der Waals surface area contributed by atoms with E-state index in [0.29, 0.717) is 11.5 Å². The number of hydrogen-bond donors (Lipinski definition) is 0. The van der Waals surface area contributed by atoms with Crippen molar-refractivity contribution in [2.45, 2.75) is 19.8 Å². The molecule has 84 valence electrons. The summed E-state index contributed by atoms with van der Waals surface area (Å²) in [6.07, 6.45) is 3.35. The normalized spacial score (nSPS) is 11.1. The third kappa shape index (κ3) is 1.85. The minimum atomic E-state index is -0.185. The Morgan fingerprint density at radius 3 is 2.56 bits per heavy atom. The topological polar surface area (TPSA) is 17.8 Å². The van der Waals surface area contributed by atoms with Gasteiger partial charge in [0.05, 0.1) is 18.2 Å². The molecule has 0 radical (unpaired) electrons. The highest BCUT2D eigenvalue weighted by atomic mass is 19.1. The van der Waals surface area contributed by atoms with Crippen LogP contribution in [0.15, 0.2) is 30.7 Å². The van der Waals surface area contributed by atoms with E-state index in [4.69, 9.17) is 0 Å². The van der Waals surface area contributed by atoms with Crippen LogP contribution in [0.1, 0.15) is 25.3 Å². The molecule has 0 aliphatic heterocycles. The van der Waals surface area contributed by atoms with Crippen molar-refractivity contribution in [2.75, 3.05) is 0 Å². The number of nitrogens with zero attached hydrogens (tertiary/aromatic N) is 2. The van der Waals surface area contributed by atoms with E-state index in [1.54, 1.807) is 18.6 Å². The van der Waals surface area contributed by atoms with E-state index in [1.807, 2.05) is 23.7 Å². The predicted octanol–water partition coefficient (Wildman–Crippen LogP) is 3.35. The average Bonchev–Trinajstić information content (AvgIpc) is 2.64. The molecule has 0 amide bonds. The highest BCUT2D eigenvalue weighted by molar-refractivity contribution is 5.60. The Labute approximate surface area is 94.8 Å². The molecule has 0 spiro atoms. The first-order valence-corrected chi connectivity index (χ1v) is 5.35. The molecule has 2 rings (SSSR count). The van der Waals surface area contributed by atoms with E-state index in [0.717, 1.165) is 11.3 Å². The van der Waals surface area contributed by atoms with E-state index in [1.165, 1.54) is 0 Å². The Morgan fingerprint density at radius 2 is 2.06 bits per heavy atom. The van der Waals surface area contributed by atoms with Gasteiger partial charge in [0.2, 0.25) is 0 Å². The standard InChI is InChI=1S/C13H15FN2/c1-9(2)10-4-5-11(12(14)6-10)13-7-15-8-16(13)3/h4-9H,1-3H3. The van der Waals surface area contributed by atoms with Crippen LogP contribution >= 0.6 is 0 Å².